The summed E-state index contributed by atoms with van der Waals surface area (Å²) in [5, 5.41) is 6.48. The number of carbonyl (C=O) groups is 3. The van der Waals surface area contributed by atoms with Crippen LogP contribution in [0.5, 0.6) is 0 Å². The third-order valence-electron chi connectivity index (χ3n) is 6.30. The molecule has 3 fully saturated rings. The number of piperazine rings is 1. The van der Waals surface area contributed by atoms with Gasteiger partial charge in [0.1, 0.15) is 5.76 Å². The zero-order chi connectivity index (χ0) is 22.5. The van der Waals surface area contributed by atoms with Crippen LogP contribution in [0.1, 0.15) is 12.2 Å². The van der Waals surface area contributed by atoms with Crippen LogP contribution in [0.3, 0.4) is 0 Å². The number of anilines is 1. The second-order valence-corrected chi connectivity index (χ2v) is 8.67. The number of hydrogen-bond donors (Lipinski definition) is 1. The number of likely N-dealkylation sites (tertiary alicyclic amines) is 1. The average molecular weight is 449 g/mol. The normalized spacial score (nSPS) is 23.0. The summed E-state index contributed by atoms with van der Waals surface area (Å²) in [5.74, 6) is 0.736. The average Bonchev–Trinajstić information content (AvgIpc) is 3.37. The van der Waals surface area contributed by atoms with E-state index in [1.165, 1.54) is 0 Å². The Kier molecular flexibility index (Phi) is 7.38. The van der Waals surface area contributed by atoms with Gasteiger partial charge in [-0.1, -0.05) is 5.16 Å². The molecule has 1 N–H and O–H groups in total. The van der Waals surface area contributed by atoms with Crippen molar-refractivity contribution in [3.63, 3.8) is 0 Å². The number of amides is 3. The number of nitrogens with one attached hydrogen (secondary N) is 1. The third-order valence-corrected chi connectivity index (χ3v) is 6.30. The molecule has 1 aromatic rings. The molecular weight excluding hydrogens is 416 g/mol. The summed E-state index contributed by atoms with van der Waals surface area (Å²) >= 11 is 0. The van der Waals surface area contributed by atoms with Crippen molar-refractivity contribution in [1.29, 1.82) is 0 Å². The van der Waals surface area contributed by atoms with Crippen molar-refractivity contribution in [2.24, 2.45) is 5.92 Å². The summed E-state index contributed by atoms with van der Waals surface area (Å²) < 4.78 is 10.3. The molecule has 4 heterocycles. The fourth-order valence-electron chi connectivity index (χ4n) is 4.44. The van der Waals surface area contributed by atoms with Crippen LogP contribution in [0.15, 0.2) is 10.6 Å². The van der Waals surface area contributed by atoms with Gasteiger partial charge < -0.3 is 24.4 Å². The number of carbonyl (C=O) groups excluding carboxylic acids is 3. The van der Waals surface area contributed by atoms with E-state index in [0.717, 1.165) is 32.8 Å². The Bertz CT molecular complexity index is 815. The van der Waals surface area contributed by atoms with Crippen LogP contribution >= 0.6 is 0 Å². The predicted octanol–water partition coefficient (Wildman–Crippen LogP) is -0.754. The first-order valence-electron chi connectivity index (χ1n) is 11.3. The monoisotopic (exact) mass is 448 g/mol. The number of morpholine rings is 1. The first-order valence-corrected chi connectivity index (χ1v) is 11.3. The van der Waals surface area contributed by atoms with Crippen LogP contribution in [-0.4, -0.2) is 121 Å². The van der Waals surface area contributed by atoms with Crippen LogP contribution in [0.2, 0.25) is 0 Å². The van der Waals surface area contributed by atoms with Gasteiger partial charge in [-0.25, -0.2) is 0 Å². The van der Waals surface area contributed by atoms with Crippen LogP contribution in [0, 0.1) is 12.8 Å². The van der Waals surface area contributed by atoms with Gasteiger partial charge in [-0.15, -0.1) is 0 Å². The molecule has 0 saturated carbocycles. The van der Waals surface area contributed by atoms with Gasteiger partial charge in [-0.3, -0.25) is 24.2 Å². The molecule has 0 radical (unpaired) electrons. The van der Waals surface area contributed by atoms with E-state index in [4.69, 9.17) is 9.26 Å². The van der Waals surface area contributed by atoms with E-state index in [9.17, 15) is 14.4 Å². The fourth-order valence-corrected chi connectivity index (χ4v) is 4.44. The molecule has 4 rings (SSSR count). The summed E-state index contributed by atoms with van der Waals surface area (Å²) in [6, 6.07) is 1.67. The smallest absolute Gasteiger partial charge is 0.239 e. The minimum absolute atomic E-state index is 0.0504. The Morgan fingerprint density at radius 1 is 1.09 bits per heavy atom. The summed E-state index contributed by atoms with van der Waals surface area (Å²) in [4.78, 5) is 45.6. The summed E-state index contributed by atoms with van der Waals surface area (Å²) in [6.45, 7) is 9.63. The largest absolute Gasteiger partial charge is 0.379 e. The quantitative estimate of drug-likeness (QED) is 0.580. The van der Waals surface area contributed by atoms with Gasteiger partial charge in [-0.2, -0.15) is 0 Å². The molecule has 176 valence electrons. The molecule has 0 bridgehead atoms. The molecule has 32 heavy (non-hydrogen) atoms. The van der Waals surface area contributed by atoms with Crippen molar-refractivity contribution in [3.05, 3.63) is 11.8 Å². The molecule has 0 aromatic carbocycles. The van der Waals surface area contributed by atoms with Crippen molar-refractivity contribution < 1.29 is 23.6 Å². The number of nitrogens with zero attached hydrogens (tertiary/aromatic N) is 5. The first-order chi connectivity index (χ1) is 15.5. The van der Waals surface area contributed by atoms with E-state index in [-0.39, 0.29) is 30.2 Å². The number of rotatable bonds is 7. The molecular formula is C21H32N6O5. The highest BCUT2D eigenvalue weighted by Crippen LogP contribution is 2.21. The fraction of sp³-hybridized carbons (Fsp3) is 0.714. The Morgan fingerprint density at radius 2 is 1.84 bits per heavy atom. The van der Waals surface area contributed by atoms with Gasteiger partial charge in [0.2, 0.25) is 17.7 Å². The first kappa shape index (κ1) is 22.7. The lowest BCUT2D eigenvalue weighted by molar-refractivity contribution is -0.137. The molecule has 3 aliphatic heterocycles. The van der Waals surface area contributed by atoms with Crippen molar-refractivity contribution in [1.82, 2.24) is 24.8 Å². The highest BCUT2D eigenvalue weighted by molar-refractivity contribution is 5.91. The Balaban J connectivity index is 1.17. The van der Waals surface area contributed by atoms with E-state index in [1.807, 2.05) is 14.7 Å². The maximum atomic E-state index is 13.0. The third kappa shape index (κ3) is 5.84. The lowest BCUT2D eigenvalue weighted by Gasteiger charge is -2.35. The van der Waals surface area contributed by atoms with Gasteiger partial charge in [0, 0.05) is 71.4 Å². The highest BCUT2D eigenvalue weighted by Gasteiger charge is 2.37. The molecule has 3 saturated heterocycles. The molecule has 1 aromatic heterocycles. The van der Waals surface area contributed by atoms with Crippen LogP contribution in [-0.2, 0) is 19.1 Å². The van der Waals surface area contributed by atoms with Gasteiger partial charge in [0.25, 0.3) is 0 Å². The maximum Gasteiger partial charge on any atom is 0.239 e. The SMILES string of the molecule is Cc1cc(NC(=O)CN2CCN(C(=O)C3CC(=O)N(CCN4CCOCC4)C3)CC2)no1. The highest BCUT2D eigenvalue weighted by atomic mass is 16.5. The van der Waals surface area contributed by atoms with Crippen molar-refractivity contribution >= 4 is 23.5 Å². The zero-order valence-corrected chi connectivity index (χ0v) is 18.6. The second-order valence-electron chi connectivity index (χ2n) is 8.67. The number of aryl methyl sites for hydroxylation is 1. The van der Waals surface area contributed by atoms with Crippen LogP contribution in [0.4, 0.5) is 5.82 Å². The van der Waals surface area contributed by atoms with Crippen LogP contribution < -0.4 is 5.32 Å². The maximum absolute atomic E-state index is 13.0. The van der Waals surface area contributed by atoms with Crippen molar-refractivity contribution in [2.45, 2.75) is 13.3 Å². The standard InChI is InChI=1S/C21H32N6O5/c1-16-12-18(23-32-16)22-19(28)15-25-3-5-26(6-4-25)21(30)17-13-20(29)27(14-17)7-2-24-8-10-31-11-9-24/h12,17H,2-11,13-15H2,1H3,(H,22,23,28). The van der Waals surface area contributed by atoms with Gasteiger partial charge in [0.05, 0.1) is 25.7 Å². The zero-order valence-electron chi connectivity index (χ0n) is 18.6. The van der Waals surface area contributed by atoms with Gasteiger partial charge >= 0.3 is 0 Å². The molecule has 3 aliphatic rings. The van der Waals surface area contributed by atoms with E-state index < -0.39 is 0 Å². The molecule has 11 heteroatoms. The van der Waals surface area contributed by atoms with E-state index in [1.54, 1.807) is 13.0 Å². The molecule has 3 amide bonds. The number of hydrogen-bond acceptors (Lipinski definition) is 8. The Labute approximate surface area is 187 Å². The molecule has 1 unspecified atom stereocenters. The Morgan fingerprint density at radius 3 is 2.53 bits per heavy atom. The molecule has 11 nitrogen and oxygen atoms in total. The summed E-state index contributed by atoms with van der Waals surface area (Å²) in [6.07, 6.45) is 0.293. The van der Waals surface area contributed by atoms with Crippen molar-refractivity contribution in [2.75, 3.05) is 84.0 Å². The lowest BCUT2D eigenvalue weighted by atomic mass is 10.1. The predicted molar refractivity (Wildman–Crippen MR) is 115 cm³/mol. The summed E-state index contributed by atoms with van der Waals surface area (Å²) in [5.41, 5.74) is 0. The van der Waals surface area contributed by atoms with Gasteiger partial charge in [0.15, 0.2) is 5.82 Å². The Hall–Kier alpha value is -2.50. The second kappa shape index (κ2) is 10.4. The van der Waals surface area contributed by atoms with E-state index in [2.05, 4.69) is 15.4 Å². The molecule has 1 atom stereocenters. The molecule has 0 spiro atoms. The minimum Gasteiger partial charge on any atom is -0.379 e. The van der Waals surface area contributed by atoms with E-state index in [0.29, 0.717) is 57.3 Å². The topological polar surface area (TPSA) is 111 Å². The summed E-state index contributed by atoms with van der Waals surface area (Å²) in [7, 11) is 0. The van der Waals surface area contributed by atoms with E-state index >= 15 is 0 Å². The minimum atomic E-state index is -0.266. The molecule has 0 aliphatic carbocycles. The number of aromatic nitrogens is 1. The number of ether oxygens (including phenoxy) is 1. The van der Waals surface area contributed by atoms with Crippen molar-refractivity contribution in [3.8, 4) is 0 Å². The lowest BCUT2D eigenvalue weighted by Crippen LogP contribution is -2.52. The van der Waals surface area contributed by atoms with Gasteiger partial charge in [-0.05, 0) is 6.92 Å². The van der Waals surface area contributed by atoms with Crippen LogP contribution in [0.25, 0.3) is 0 Å².